The highest BCUT2D eigenvalue weighted by Crippen LogP contribution is 2.31. The van der Waals surface area contributed by atoms with Gasteiger partial charge in [-0.05, 0) is 51.5 Å². The van der Waals surface area contributed by atoms with Crippen LogP contribution in [0.3, 0.4) is 0 Å². The molecule has 1 aliphatic heterocycles. The summed E-state index contributed by atoms with van der Waals surface area (Å²) < 4.78 is 0. The van der Waals surface area contributed by atoms with E-state index < -0.39 is 0 Å². The molecule has 1 aliphatic carbocycles. The van der Waals surface area contributed by atoms with Crippen molar-refractivity contribution in [1.29, 1.82) is 0 Å². The van der Waals surface area contributed by atoms with Gasteiger partial charge in [-0.15, -0.1) is 0 Å². The van der Waals surface area contributed by atoms with Crippen LogP contribution in [0.1, 0.15) is 52.4 Å². The van der Waals surface area contributed by atoms with Crippen LogP contribution >= 0.6 is 0 Å². The van der Waals surface area contributed by atoms with Crippen LogP contribution in [0.2, 0.25) is 0 Å². The smallest absolute Gasteiger partial charge is 0.00953 e. The summed E-state index contributed by atoms with van der Waals surface area (Å²) in [6, 6.07) is 1.17. The molecular formula is C14H28N2. The predicted molar refractivity (Wildman–Crippen MR) is 69.4 cm³/mol. The van der Waals surface area contributed by atoms with Crippen LogP contribution in [0.4, 0.5) is 0 Å². The van der Waals surface area contributed by atoms with Crippen molar-refractivity contribution in [2.75, 3.05) is 13.1 Å². The quantitative estimate of drug-likeness (QED) is 0.798. The fraction of sp³-hybridized carbons (Fsp3) is 1.00. The van der Waals surface area contributed by atoms with Gasteiger partial charge in [0.15, 0.2) is 0 Å². The normalized spacial score (nSPS) is 32.8. The first-order chi connectivity index (χ1) is 7.68. The Kier molecular flexibility index (Phi) is 4.26. The van der Waals surface area contributed by atoms with Crippen LogP contribution in [0.5, 0.6) is 0 Å². The van der Waals surface area contributed by atoms with E-state index in [-0.39, 0.29) is 0 Å². The van der Waals surface area contributed by atoms with E-state index in [1.807, 2.05) is 0 Å². The van der Waals surface area contributed by atoms with E-state index in [0.717, 1.165) is 17.9 Å². The molecule has 0 aromatic rings. The lowest BCUT2D eigenvalue weighted by Crippen LogP contribution is -2.39. The monoisotopic (exact) mass is 224 g/mol. The average molecular weight is 224 g/mol. The Morgan fingerprint density at radius 2 is 1.69 bits per heavy atom. The van der Waals surface area contributed by atoms with E-state index in [1.165, 1.54) is 51.6 Å². The number of nitrogens with two attached hydrogens (primary N) is 1. The second-order valence-electron chi connectivity index (χ2n) is 6.04. The molecule has 0 radical (unpaired) electrons. The maximum Gasteiger partial charge on any atom is 0.00953 e. The van der Waals surface area contributed by atoms with Crippen LogP contribution in [-0.2, 0) is 0 Å². The topological polar surface area (TPSA) is 29.3 Å². The van der Waals surface area contributed by atoms with Crippen molar-refractivity contribution in [2.45, 2.75) is 64.5 Å². The Labute approximate surface area is 101 Å². The third-order valence-corrected chi connectivity index (χ3v) is 4.91. The van der Waals surface area contributed by atoms with Gasteiger partial charge >= 0.3 is 0 Å². The molecule has 94 valence electrons. The number of rotatable bonds is 3. The molecule has 2 nitrogen and oxygen atoms in total. The van der Waals surface area contributed by atoms with E-state index in [9.17, 15) is 0 Å². The van der Waals surface area contributed by atoms with Gasteiger partial charge in [-0.3, -0.25) is 0 Å². The zero-order valence-electron chi connectivity index (χ0n) is 11.0. The number of hydrogen-bond donors (Lipinski definition) is 1. The molecular weight excluding hydrogens is 196 g/mol. The maximum atomic E-state index is 6.01. The SMILES string of the molecule is CC(N)C1CCN(C(C)C2CCCCC2)C1. The number of nitrogens with zero attached hydrogens (tertiary/aromatic N) is 1. The van der Waals surface area contributed by atoms with Gasteiger partial charge in [0, 0.05) is 18.6 Å². The van der Waals surface area contributed by atoms with Crippen molar-refractivity contribution in [3.8, 4) is 0 Å². The molecule has 3 unspecified atom stereocenters. The van der Waals surface area contributed by atoms with Crippen molar-refractivity contribution < 1.29 is 0 Å². The molecule has 0 spiro atoms. The van der Waals surface area contributed by atoms with Crippen molar-refractivity contribution in [1.82, 2.24) is 4.90 Å². The highest BCUT2D eigenvalue weighted by molar-refractivity contribution is 4.86. The summed E-state index contributed by atoms with van der Waals surface area (Å²) in [4.78, 5) is 2.70. The van der Waals surface area contributed by atoms with Gasteiger partial charge in [0.05, 0.1) is 0 Å². The second-order valence-corrected chi connectivity index (χ2v) is 6.04. The first-order valence-corrected chi connectivity index (χ1v) is 7.18. The molecule has 1 saturated heterocycles. The van der Waals surface area contributed by atoms with Gasteiger partial charge in [-0.2, -0.15) is 0 Å². The van der Waals surface area contributed by atoms with Crippen molar-refractivity contribution >= 4 is 0 Å². The first kappa shape index (κ1) is 12.4. The summed E-state index contributed by atoms with van der Waals surface area (Å²) >= 11 is 0. The fourth-order valence-electron chi connectivity index (χ4n) is 3.53. The van der Waals surface area contributed by atoms with Crippen LogP contribution in [-0.4, -0.2) is 30.1 Å². The molecule has 0 aromatic carbocycles. The molecule has 0 amide bonds. The zero-order chi connectivity index (χ0) is 11.5. The van der Waals surface area contributed by atoms with E-state index in [2.05, 4.69) is 18.7 Å². The molecule has 2 rings (SSSR count). The number of hydrogen-bond acceptors (Lipinski definition) is 2. The first-order valence-electron chi connectivity index (χ1n) is 7.18. The molecule has 2 aliphatic rings. The van der Waals surface area contributed by atoms with E-state index >= 15 is 0 Å². The number of likely N-dealkylation sites (tertiary alicyclic amines) is 1. The highest BCUT2D eigenvalue weighted by Gasteiger charge is 2.31. The second kappa shape index (κ2) is 5.50. The Morgan fingerprint density at radius 3 is 2.25 bits per heavy atom. The van der Waals surface area contributed by atoms with Crippen molar-refractivity contribution in [3.05, 3.63) is 0 Å². The average Bonchev–Trinajstić information content (AvgIpc) is 2.78. The Balaban J connectivity index is 1.83. The summed E-state index contributed by atoms with van der Waals surface area (Å²) in [5, 5.41) is 0. The predicted octanol–water partition coefficient (Wildman–Crippen LogP) is 2.62. The van der Waals surface area contributed by atoms with E-state index in [4.69, 9.17) is 5.73 Å². The fourth-order valence-corrected chi connectivity index (χ4v) is 3.53. The molecule has 0 aromatic heterocycles. The van der Waals surface area contributed by atoms with Crippen molar-refractivity contribution in [2.24, 2.45) is 17.6 Å². The van der Waals surface area contributed by atoms with Crippen molar-refractivity contribution in [3.63, 3.8) is 0 Å². The van der Waals surface area contributed by atoms with Crippen LogP contribution in [0.25, 0.3) is 0 Å². The molecule has 1 saturated carbocycles. The lowest BCUT2D eigenvalue weighted by molar-refractivity contribution is 0.151. The summed E-state index contributed by atoms with van der Waals surface area (Å²) in [5.41, 5.74) is 6.01. The maximum absolute atomic E-state index is 6.01. The van der Waals surface area contributed by atoms with Gasteiger partial charge in [-0.1, -0.05) is 19.3 Å². The summed E-state index contributed by atoms with van der Waals surface area (Å²) in [7, 11) is 0. The van der Waals surface area contributed by atoms with E-state index in [0.29, 0.717) is 6.04 Å². The van der Waals surface area contributed by atoms with Gasteiger partial charge < -0.3 is 10.6 Å². The Hall–Kier alpha value is -0.0800. The molecule has 2 heteroatoms. The summed E-state index contributed by atoms with van der Waals surface area (Å²) in [5.74, 6) is 1.70. The molecule has 1 heterocycles. The third-order valence-electron chi connectivity index (χ3n) is 4.91. The van der Waals surface area contributed by atoms with Crippen LogP contribution < -0.4 is 5.73 Å². The van der Waals surface area contributed by atoms with E-state index in [1.54, 1.807) is 0 Å². The zero-order valence-corrected chi connectivity index (χ0v) is 11.0. The standard InChI is InChI=1S/C14H28N2/c1-11(15)14-8-9-16(10-14)12(2)13-6-4-3-5-7-13/h11-14H,3-10,15H2,1-2H3. The largest absolute Gasteiger partial charge is 0.328 e. The van der Waals surface area contributed by atoms with Gasteiger partial charge in [-0.25, -0.2) is 0 Å². The highest BCUT2D eigenvalue weighted by atomic mass is 15.2. The molecule has 2 fully saturated rings. The molecule has 0 bridgehead atoms. The molecule has 2 N–H and O–H groups in total. The van der Waals surface area contributed by atoms with Gasteiger partial charge in [0.25, 0.3) is 0 Å². The van der Waals surface area contributed by atoms with Gasteiger partial charge in [0.2, 0.25) is 0 Å². The lowest BCUT2D eigenvalue weighted by Gasteiger charge is -2.34. The Morgan fingerprint density at radius 1 is 1.00 bits per heavy atom. The lowest BCUT2D eigenvalue weighted by atomic mass is 9.84. The van der Waals surface area contributed by atoms with Crippen LogP contribution in [0.15, 0.2) is 0 Å². The van der Waals surface area contributed by atoms with Crippen LogP contribution in [0, 0.1) is 11.8 Å². The Bertz CT molecular complexity index is 209. The molecule has 3 atom stereocenters. The minimum atomic E-state index is 0.378. The minimum Gasteiger partial charge on any atom is -0.328 e. The minimum absolute atomic E-state index is 0.378. The summed E-state index contributed by atoms with van der Waals surface area (Å²) in [6.45, 7) is 7.14. The summed E-state index contributed by atoms with van der Waals surface area (Å²) in [6.07, 6.45) is 8.61. The third kappa shape index (κ3) is 2.78. The molecule has 16 heavy (non-hydrogen) atoms. The van der Waals surface area contributed by atoms with Gasteiger partial charge in [0.1, 0.15) is 0 Å².